The largest absolute Gasteiger partial charge is 0.349 e. The van der Waals surface area contributed by atoms with Crippen molar-refractivity contribution in [3.63, 3.8) is 0 Å². The van der Waals surface area contributed by atoms with E-state index >= 15 is 0 Å². The molecule has 0 aromatic carbocycles. The lowest BCUT2D eigenvalue weighted by Crippen LogP contribution is -2.52. The van der Waals surface area contributed by atoms with Crippen LogP contribution in [0.3, 0.4) is 0 Å². The van der Waals surface area contributed by atoms with Crippen molar-refractivity contribution >= 4 is 17.2 Å². The van der Waals surface area contributed by atoms with Crippen LogP contribution in [0.1, 0.15) is 26.7 Å². The third kappa shape index (κ3) is 4.43. The fourth-order valence-electron chi connectivity index (χ4n) is 1.83. The monoisotopic (exact) mass is 216 g/mol. The first-order valence-corrected chi connectivity index (χ1v) is 10.8. The highest BCUT2D eigenvalue weighted by molar-refractivity contribution is 6.83. The van der Waals surface area contributed by atoms with Crippen molar-refractivity contribution in [1.82, 2.24) is 4.23 Å². The Labute approximate surface area is 87.3 Å². The lowest BCUT2D eigenvalue weighted by atomic mass is 10.6. The van der Waals surface area contributed by atoms with E-state index in [1.165, 1.54) is 24.9 Å². The molecule has 0 saturated carbocycles. The molecule has 0 heterocycles. The summed E-state index contributed by atoms with van der Waals surface area (Å²) < 4.78 is 2.77. The van der Waals surface area contributed by atoms with Gasteiger partial charge in [0.25, 0.3) is 0 Å². The van der Waals surface area contributed by atoms with Crippen molar-refractivity contribution in [3.8, 4) is 0 Å². The Morgan fingerprint density at radius 3 is 2.08 bits per heavy atom. The van der Waals surface area contributed by atoms with E-state index in [0.29, 0.717) is 0 Å². The van der Waals surface area contributed by atoms with Crippen molar-refractivity contribution < 1.29 is 0 Å². The zero-order valence-electron chi connectivity index (χ0n) is 10.3. The van der Waals surface area contributed by atoms with Gasteiger partial charge in [0.05, 0.1) is 0 Å². The molecule has 0 N–H and O–H groups in total. The topological polar surface area (TPSA) is 3.24 Å². The van der Waals surface area contributed by atoms with Crippen molar-refractivity contribution in [2.75, 3.05) is 7.05 Å². The summed E-state index contributed by atoms with van der Waals surface area (Å²) in [5.41, 5.74) is 0. The number of hydrogen-bond acceptors (Lipinski definition) is 1. The SMILES string of the molecule is CCC[Si](C)N(C)[Si](C)(C)CCC. The van der Waals surface area contributed by atoms with E-state index in [4.69, 9.17) is 0 Å². The van der Waals surface area contributed by atoms with Crippen molar-refractivity contribution in [3.05, 3.63) is 0 Å². The second-order valence-electron chi connectivity index (χ2n) is 4.61. The lowest BCUT2D eigenvalue weighted by molar-refractivity contribution is 0.742. The van der Waals surface area contributed by atoms with Gasteiger partial charge in [-0.3, -0.25) is 0 Å². The van der Waals surface area contributed by atoms with Crippen molar-refractivity contribution in [1.29, 1.82) is 0 Å². The summed E-state index contributed by atoms with van der Waals surface area (Å²) in [4.78, 5) is 0. The smallest absolute Gasteiger partial charge is 0.125 e. The second kappa shape index (κ2) is 5.99. The Morgan fingerprint density at radius 2 is 1.69 bits per heavy atom. The highest BCUT2D eigenvalue weighted by atomic mass is 28.4. The molecule has 0 unspecified atom stereocenters. The zero-order valence-corrected chi connectivity index (χ0v) is 12.3. The summed E-state index contributed by atoms with van der Waals surface area (Å²) in [5, 5.41) is 0. The Kier molecular flexibility index (Phi) is 6.17. The highest BCUT2D eigenvalue weighted by Crippen LogP contribution is 2.18. The molecule has 0 fully saturated rings. The quantitative estimate of drug-likeness (QED) is 0.614. The van der Waals surface area contributed by atoms with Crippen LogP contribution in [0.5, 0.6) is 0 Å². The first-order valence-electron chi connectivity index (χ1n) is 5.52. The molecule has 0 saturated heterocycles. The van der Waals surface area contributed by atoms with E-state index in [1.807, 2.05) is 0 Å². The maximum Gasteiger partial charge on any atom is 0.125 e. The third-order valence-electron chi connectivity index (χ3n) is 2.95. The van der Waals surface area contributed by atoms with Gasteiger partial charge in [0.2, 0.25) is 0 Å². The molecule has 0 aliphatic carbocycles. The molecule has 0 amide bonds. The van der Waals surface area contributed by atoms with E-state index in [-0.39, 0.29) is 8.96 Å². The van der Waals surface area contributed by atoms with Gasteiger partial charge in [-0.2, -0.15) is 0 Å². The van der Waals surface area contributed by atoms with Crippen LogP contribution in [0.4, 0.5) is 0 Å². The summed E-state index contributed by atoms with van der Waals surface area (Å²) in [6.45, 7) is 12.1. The number of nitrogens with zero attached hydrogens (tertiary/aromatic N) is 1. The Balaban J connectivity index is 4.12. The molecular weight excluding hydrogens is 190 g/mol. The van der Waals surface area contributed by atoms with E-state index in [1.54, 1.807) is 0 Å². The van der Waals surface area contributed by atoms with Crippen LogP contribution in [0.25, 0.3) is 0 Å². The molecule has 0 aromatic rings. The third-order valence-corrected chi connectivity index (χ3v) is 11.8. The van der Waals surface area contributed by atoms with Crippen LogP contribution < -0.4 is 0 Å². The molecule has 0 aromatic heterocycles. The molecule has 0 spiro atoms. The fourth-order valence-corrected chi connectivity index (χ4v) is 9.25. The van der Waals surface area contributed by atoms with Gasteiger partial charge in [0, 0.05) is 0 Å². The molecule has 1 radical (unpaired) electrons. The summed E-state index contributed by atoms with van der Waals surface area (Å²) >= 11 is 0. The molecule has 0 aliphatic heterocycles. The van der Waals surface area contributed by atoms with Gasteiger partial charge in [-0.15, -0.1) is 0 Å². The van der Waals surface area contributed by atoms with Gasteiger partial charge in [-0.1, -0.05) is 46.3 Å². The molecule has 0 bridgehead atoms. The van der Waals surface area contributed by atoms with E-state index in [2.05, 4.69) is 44.8 Å². The van der Waals surface area contributed by atoms with Crippen LogP contribution >= 0.6 is 0 Å². The fraction of sp³-hybridized carbons (Fsp3) is 1.00. The molecule has 3 heteroatoms. The molecule has 1 nitrogen and oxygen atoms in total. The summed E-state index contributed by atoms with van der Waals surface area (Å²) in [5.74, 6) is 0. The highest BCUT2D eigenvalue weighted by Gasteiger charge is 2.28. The first kappa shape index (κ1) is 13.4. The van der Waals surface area contributed by atoms with Crippen LogP contribution in [-0.4, -0.2) is 28.5 Å². The maximum atomic E-state index is 2.77. The summed E-state index contributed by atoms with van der Waals surface area (Å²) in [6.07, 6.45) is 2.70. The first-order chi connectivity index (χ1) is 5.95. The molecule has 0 atom stereocenters. The van der Waals surface area contributed by atoms with Gasteiger partial charge in [-0.25, -0.2) is 0 Å². The minimum Gasteiger partial charge on any atom is -0.349 e. The van der Waals surface area contributed by atoms with Gasteiger partial charge in [0.15, 0.2) is 0 Å². The van der Waals surface area contributed by atoms with Crippen LogP contribution in [0.15, 0.2) is 0 Å². The van der Waals surface area contributed by atoms with E-state index < -0.39 is 8.24 Å². The van der Waals surface area contributed by atoms with Crippen LogP contribution in [0.2, 0.25) is 31.7 Å². The van der Waals surface area contributed by atoms with Crippen molar-refractivity contribution in [2.24, 2.45) is 0 Å². The van der Waals surface area contributed by atoms with E-state index in [9.17, 15) is 0 Å². The minimum absolute atomic E-state index is 0.202. The lowest BCUT2D eigenvalue weighted by Gasteiger charge is -2.37. The van der Waals surface area contributed by atoms with Crippen molar-refractivity contribution in [2.45, 2.75) is 58.4 Å². The maximum absolute atomic E-state index is 2.77. The molecule has 0 rings (SSSR count). The standard InChI is InChI=1S/C10H26NSi2/c1-7-9-12(4)11(3)13(5,6)10-8-2/h7-10H2,1-6H3. The van der Waals surface area contributed by atoms with Crippen LogP contribution in [0, 0.1) is 0 Å². The molecule has 13 heavy (non-hydrogen) atoms. The Morgan fingerprint density at radius 1 is 1.15 bits per heavy atom. The predicted molar refractivity (Wildman–Crippen MR) is 67.1 cm³/mol. The average molecular weight is 216 g/mol. The number of hydrogen-bond donors (Lipinski definition) is 0. The van der Waals surface area contributed by atoms with E-state index in [0.717, 1.165) is 0 Å². The Hall–Kier alpha value is 0.394. The van der Waals surface area contributed by atoms with Gasteiger partial charge < -0.3 is 4.23 Å². The average Bonchev–Trinajstić information content (AvgIpc) is 2.03. The zero-order chi connectivity index (χ0) is 10.5. The molecular formula is C10H26NSi2. The van der Waals surface area contributed by atoms with Gasteiger partial charge in [0.1, 0.15) is 17.2 Å². The second-order valence-corrected chi connectivity index (χ2v) is 12.5. The minimum atomic E-state index is -1.03. The Bertz CT molecular complexity index is 137. The van der Waals surface area contributed by atoms with Gasteiger partial charge in [-0.05, 0) is 19.1 Å². The molecule has 79 valence electrons. The van der Waals surface area contributed by atoms with Crippen LogP contribution in [-0.2, 0) is 0 Å². The van der Waals surface area contributed by atoms with Gasteiger partial charge >= 0.3 is 0 Å². The summed E-state index contributed by atoms with van der Waals surface area (Å²) in [7, 11) is 1.14. The predicted octanol–water partition coefficient (Wildman–Crippen LogP) is 3.56. The normalized spacial score (nSPS) is 12.9. The molecule has 0 aliphatic rings. The number of rotatable bonds is 6. The summed E-state index contributed by atoms with van der Waals surface area (Å²) in [6, 6.07) is 2.90.